The minimum atomic E-state index is 0.725. The minimum absolute atomic E-state index is 0.725. The molecule has 2 aromatic carbocycles. The Kier molecular flexibility index (Phi) is 3.76. The van der Waals surface area contributed by atoms with Crippen LogP contribution in [-0.4, -0.2) is 12.4 Å². The van der Waals surface area contributed by atoms with Gasteiger partial charge in [-0.3, -0.25) is 4.99 Å². The lowest BCUT2D eigenvalue weighted by Gasteiger charge is -2.06. The molecule has 0 saturated carbocycles. The Morgan fingerprint density at radius 2 is 1.88 bits per heavy atom. The highest BCUT2D eigenvalue weighted by molar-refractivity contribution is 5.91. The van der Waals surface area contributed by atoms with Crippen molar-refractivity contribution in [3.8, 4) is 0 Å². The predicted octanol–water partition coefficient (Wildman–Crippen LogP) is 3.15. The van der Waals surface area contributed by atoms with Gasteiger partial charge in [0.2, 0.25) is 0 Å². The molecular weight excluding hydrogens is 208 g/mol. The van der Waals surface area contributed by atoms with Gasteiger partial charge in [0, 0.05) is 13.0 Å². The third kappa shape index (κ3) is 2.84. The molecule has 0 radical (unpaired) electrons. The number of rotatable bonds is 4. The fourth-order valence-electron chi connectivity index (χ4n) is 1.95. The number of aliphatic imine (C=N–C) groups is 1. The molecule has 2 rings (SSSR count). The summed E-state index contributed by atoms with van der Waals surface area (Å²) in [6, 6.07) is 14.7. The second kappa shape index (κ2) is 5.48. The van der Waals surface area contributed by atoms with E-state index in [0.29, 0.717) is 0 Å². The average molecular weight is 226 g/mol. The summed E-state index contributed by atoms with van der Waals surface area (Å²) in [5, 5.41) is 2.53. The molecule has 2 N–H and O–H groups in total. The average Bonchev–Trinajstić information content (AvgIpc) is 2.37. The van der Waals surface area contributed by atoms with E-state index in [1.165, 1.54) is 16.3 Å². The zero-order valence-electron chi connectivity index (χ0n) is 10.2. The first-order valence-electron chi connectivity index (χ1n) is 6.06. The Labute approximate surface area is 102 Å². The molecule has 0 aliphatic rings. The van der Waals surface area contributed by atoms with Crippen LogP contribution in [0.1, 0.15) is 18.9 Å². The van der Waals surface area contributed by atoms with Crippen LogP contribution in [0.2, 0.25) is 0 Å². The van der Waals surface area contributed by atoms with Crippen LogP contribution < -0.4 is 5.73 Å². The molecule has 88 valence electrons. The van der Waals surface area contributed by atoms with Crippen LogP contribution in [0.25, 0.3) is 10.8 Å². The van der Waals surface area contributed by atoms with Crippen LogP contribution >= 0.6 is 0 Å². The first-order chi connectivity index (χ1) is 8.31. The van der Waals surface area contributed by atoms with Crippen molar-refractivity contribution in [3.63, 3.8) is 0 Å². The van der Waals surface area contributed by atoms with Crippen molar-refractivity contribution in [1.82, 2.24) is 0 Å². The number of hydrogen-bond acceptors (Lipinski definition) is 1. The van der Waals surface area contributed by atoms with Crippen molar-refractivity contribution in [2.24, 2.45) is 10.7 Å². The van der Waals surface area contributed by atoms with Gasteiger partial charge in [-0.05, 0) is 22.8 Å². The molecule has 0 fully saturated rings. The summed E-state index contributed by atoms with van der Waals surface area (Å²) in [4.78, 5) is 4.34. The minimum Gasteiger partial charge on any atom is -0.387 e. The Morgan fingerprint density at radius 3 is 2.71 bits per heavy atom. The van der Waals surface area contributed by atoms with E-state index in [-0.39, 0.29) is 0 Å². The predicted molar refractivity (Wildman–Crippen MR) is 74.4 cm³/mol. The second-order valence-corrected chi connectivity index (χ2v) is 4.19. The molecule has 0 aromatic heterocycles. The summed E-state index contributed by atoms with van der Waals surface area (Å²) < 4.78 is 0. The van der Waals surface area contributed by atoms with Gasteiger partial charge in [-0.25, -0.2) is 0 Å². The molecule has 0 heterocycles. The molecular formula is C15H18N2. The molecule has 2 heteroatoms. The molecule has 0 aliphatic heterocycles. The van der Waals surface area contributed by atoms with Gasteiger partial charge in [0.15, 0.2) is 0 Å². The van der Waals surface area contributed by atoms with E-state index < -0.39 is 0 Å². The summed E-state index contributed by atoms with van der Waals surface area (Å²) in [5.74, 6) is 0.725. The largest absolute Gasteiger partial charge is 0.387 e. The number of hydrogen-bond donors (Lipinski definition) is 1. The first-order valence-corrected chi connectivity index (χ1v) is 6.06. The maximum atomic E-state index is 5.93. The summed E-state index contributed by atoms with van der Waals surface area (Å²) in [6.45, 7) is 2.92. The van der Waals surface area contributed by atoms with Crippen molar-refractivity contribution < 1.29 is 0 Å². The lowest BCUT2D eigenvalue weighted by molar-refractivity contribution is 0.925. The quantitative estimate of drug-likeness (QED) is 0.631. The van der Waals surface area contributed by atoms with E-state index in [0.717, 1.165) is 25.2 Å². The Bertz CT molecular complexity index is 524. The van der Waals surface area contributed by atoms with E-state index in [9.17, 15) is 0 Å². The van der Waals surface area contributed by atoms with E-state index in [1.807, 2.05) is 0 Å². The van der Waals surface area contributed by atoms with Gasteiger partial charge in [0.1, 0.15) is 0 Å². The summed E-state index contributed by atoms with van der Waals surface area (Å²) in [6.07, 6.45) is 1.78. The standard InChI is InChI=1S/C15H18N2/c1-2-10-17-15(16)11-13-8-5-7-12-6-3-4-9-14(12)13/h3-9H,2,10-11H2,1H3,(H2,16,17). The van der Waals surface area contributed by atoms with Gasteiger partial charge in [-0.2, -0.15) is 0 Å². The topological polar surface area (TPSA) is 38.4 Å². The molecule has 0 bridgehead atoms. The molecule has 2 aromatic rings. The molecule has 17 heavy (non-hydrogen) atoms. The van der Waals surface area contributed by atoms with Crippen LogP contribution in [0.3, 0.4) is 0 Å². The maximum Gasteiger partial charge on any atom is 0.0981 e. The lowest BCUT2D eigenvalue weighted by Crippen LogP contribution is -2.15. The van der Waals surface area contributed by atoms with E-state index >= 15 is 0 Å². The van der Waals surface area contributed by atoms with Crippen LogP contribution in [0.4, 0.5) is 0 Å². The molecule has 0 aliphatic carbocycles. The zero-order valence-corrected chi connectivity index (χ0v) is 10.2. The fraction of sp³-hybridized carbons (Fsp3) is 0.267. The van der Waals surface area contributed by atoms with Gasteiger partial charge in [0.05, 0.1) is 5.84 Å². The van der Waals surface area contributed by atoms with Gasteiger partial charge >= 0.3 is 0 Å². The molecule has 0 spiro atoms. The number of amidine groups is 1. The monoisotopic (exact) mass is 226 g/mol. The van der Waals surface area contributed by atoms with Crippen molar-refractivity contribution in [2.45, 2.75) is 19.8 Å². The van der Waals surface area contributed by atoms with Gasteiger partial charge in [-0.1, -0.05) is 49.4 Å². The Morgan fingerprint density at radius 1 is 1.12 bits per heavy atom. The van der Waals surface area contributed by atoms with Crippen LogP contribution in [0.15, 0.2) is 47.5 Å². The van der Waals surface area contributed by atoms with E-state index in [1.54, 1.807) is 0 Å². The van der Waals surface area contributed by atoms with Crippen molar-refractivity contribution in [3.05, 3.63) is 48.0 Å². The third-order valence-corrected chi connectivity index (χ3v) is 2.79. The molecule has 0 atom stereocenters. The molecule has 2 nitrogen and oxygen atoms in total. The summed E-state index contributed by atoms with van der Waals surface area (Å²) >= 11 is 0. The lowest BCUT2D eigenvalue weighted by atomic mass is 10.0. The summed E-state index contributed by atoms with van der Waals surface area (Å²) in [7, 11) is 0. The number of nitrogens with zero attached hydrogens (tertiary/aromatic N) is 1. The van der Waals surface area contributed by atoms with Gasteiger partial charge in [-0.15, -0.1) is 0 Å². The fourth-order valence-corrected chi connectivity index (χ4v) is 1.95. The van der Waals surface area contributed by atoms with Crippen molar-refractivity contribution in [2.75, 3.05) is 6.54 Å². The van der Waals surface area contributed by atoms with Crippen molar-refractivity contribution >= 4 is 16.6 Å². The highest BCUT2D eigenvalue weighted by Gasteiger charge is 2.01. The first kappa shape index (κ1) is 11.6. The van der Waals surface area contributed by atoms with Crippen LogP contribution in [0, 0.1) is 0 Å². The highest BCUT2D eigenvalue weighted by Crippen LogP contribution is 2.18. The molecule has 0 saturated heterocycles. The van der Waals surface area contributed by atoms with Crippen LogP contribution in [-0.2, 0) is 6.42 Å². The Balaban J connectivity index is 2.30. The Hall–Kier alpha value is -1.83. The highest BCUT2D eigenvalue weighted by atomic mass is 14.8. The van der Waals surface area contributed by atoms with E-state index in [2.05, 4.69) is 54.4 Å². The SMILES string of the molecule is CCCN=C(N)Cc1cccc2ccccc12. The van der Waals surface area contributed by atoms with Gasteiger partial charge < -0.3 is 5.73 Å². The number of fused-ring (bicyclic) bond motifs is 1. The molecule has 0 amide bonds. The zero-order chi connectivity index (χ0) is 12.1. The maximum absolute atomic E-state index is 5.93. The second-order valence-electron chi connectivity index (χ2n) is 4.19. The number of nitrogens with two attached hydrogens (primary N) is 1. The van der Waals surface area contributed by atoms with Crippen molar-refractivity contribution in [1.29, 1.82) is 0 Å². The van der Waals surface area contributed by atoms with E-state index in [4.69, 9.17) is 5.73 Å². The molecule has 0 unspecified atom stereocenters. The van der Waals surface area contributed by atoms with Gasteiger partial charge in [0.25, 0.3) is 0 Å². The normalized spacial score (nSPS) is 11.9. The number of benzene rings is 2. The van der Waals surface area contributed by atoms with Crippen LogP contribution in [0.5, 0.6) is 0 Å². The third-order valence-electron chi connectivity index (χ3n) is 2.79. The smallest absolute Gasteiger partial charge is 0.0981 e. The summed E-state index contributed by atoms with van der Waals surface area (Å²) in [5.41, 5.74) is 7.18.